The van der Waals surface area contributed by atoms with Crippen molar-refractivity contribution in [1.29, 1.82) is 0 Å². The van der Waals surface area contributed by atoms with Crippen molar-refractivity contribution in [2.45, 2.75) is 34.1 Å². The van der Waals surface area contributed by atoms with E-state index >= 15 is 0 Å². The first kappa shape index (κ1) is 18.0. The Morgan fingerprint density at radius 2 is 1.57 bits per heavy atom. The van der Waals surface area contributed by atoms with Crippen LogP contribution in [0.4, 0.5) is 5.69 Å². The predicted molar refractivity (Wildman–Crippen MR) is 94.2 cm³/mol. The maximum absolute atomic E-state index is 3.52. The first-order chi connectivity index (χ1) is 10.2. The molecular formula is C18H33N3. The highest BCUT2D eigenvalue weighted by molar-refractivity contribution is 5.45. The van der Waals surface area contributed by atoms with Crippen LogP contribution in [0.3, 0.4) is 0 Å². The molecule has 0 bridgehead atoms. The standard InChI is InChI=1S/C18H33N3/c1-5-20(6-2)13-9-14-21(7-3)15-12-19-18-11-8-10-17(4)16-18/h8,10-11,16,19H,5-7,9,12-15H2,1-4H3. The molecule has 1 rings (SSSR count). The smallest absolute Gasteiger partial charge is 0.0343 e. The Hall–Kier alpha value is -1.06. The fraction of sp³-hybridized carbons (Fsp3) is 0.667. The quantitative estimate of drug-likeness (QED) is 0.673. The molecule has 1 aromatic carbocycles. The molecular weight excluding hydrogens is 258 g/mol. The van der Waals surface area contributed by atoms with Gasteiger partial charge in [0.05, 0.1) is 0 Å². The topological polar surface area (TPSA) is 18.5 Å². The van der Waals surface area contributed by atoms with Crippen LogP contribution in [0.5, 0.6) is 0 Å². The van der Waals surface area contributed by atoms with E-state index in [1.54, 1.807) is 0 Å². The van der Waals surface area contributed by atoms with E-state index in [1.165, 1.54) is 30.8 Å². The van der Waals surface area contributed by atoms with Gasteiger partial charge in [-0.05, 0) is 63.8 Å². The van der Waals surface area contributed by atoms with Crippen molar-refractivity contribution < 1.29 is 0 Å². The number of nitrogens with one attached hydrogen (secondary N) is 1. The third kappa shape index (κ3) is 7.49. The first-order valence-electron chi connectivity index (χ1n) is 8.44. The minimum atomic E-state index is 1.02. The first-order valence-corrected chi connectivity index (χ1v) is 8.44. The van der Waals surface area contributed by atoms with Crippen LogP contribution in [0, 0.1) is 6.92 Å². The van der Waals surface area contributed by atoms with Crippen LogP contribution in [-0.4, -0.2) is 55.6 Å². The summed E-state index contributed by atoms with van der Waals surface area (Å²) in [5, 5.41) is 3.52. The lowest BCUT2D eigenvalue weighted by Gasteiger charge is -2.23. The van der Waals surface area contributed by atoms with Crippen molar-refractivity contribution in [2.24, 2.45) is 0 Å². The second-order valence-electron chi connectivity index (χ2n) is 5.61. The minimum Gasteiger partial charge on any atom is -0.384 e. The van der Waals surface area contributed by atoms with Gasteiger partial charge in [-0.25, -0.2) is 0 Å². The lowest BCUT2D eigenvalue weighted by Crippen LogP contribution is -2.32. The third-order valence-electron chi connectivity index (χ3n) is 4.07. The van der Waals surface area contributed by atoms with Crippen molar-refractivity contribution in [1.82, 2.24) is 9.80 Å². The number of anilines is 1. The summed E-state index contributed by atoms with van der Waals surface area (Å²) in [6, 6.07) is 8.59. The van der Waals surface area contributed by atoms with E-state index in [4.69, 9.17) is 0 Å². The minimum absolute atomic E-state index is 1.02. The molecule has 0 unspecified atom stereocenters. The summed E-state index contributed by atoms with van der Waals surface area (Å²) in [5.41, 5.74) is 2.54. The Morgan fingerprint density at radius 3 is 2.19 bits per heavy atom. The van der Waals surface area contributed by atoms with Crippen LogP contribution in [-0.2, 0) is 0 Å². The molecule has 1 aromatic rings. The second-order valence-corrected chi connectivity index (χ2v) is 5.61. The van der Waals surface area contributed by atoms with Gasteiger partial charge in [-0.2, -0.15) is 0 Å². The number of likely N-dealkylation sites (N-methyl/N-ethyl adjacent to an activating group) is 1. The van der Waals surface area contributed by atoms with Crippen molar-refractivity contribution in [3.63, 3.8) is 0 Å². The molecule has 0 radical (unpaired) electrons. The average molecular weight is 291 g/mol. The molecule has 1 N–H and O–H groups in total. The molecule has 3 nitrogen and oxygen atoms in total. The van der Waals surface area contributed by atoms with E-state index in [1.807, 2.05) is 0 Å². The van der Waals surface area contributed by atoms with Gasteiger partial charge in [-0.15, -0.1) is 0 Å². The normalized spacial score (nSPS) is 11.3. The highest BCUT2D eigenvalue weighted by atomic mass is 15.1. The Bertz CT molecular complexity index is 374. The number of aryl methyl sites for hydroxylation is 1. The Labute approximate surface area is 131 Å². The van der Waals surface area contributed by atoms with Crippen LogP contribution >= 0.6 is 0 Å². The molecule has 0 amide bonds. The highest BCUT2D eigenvalue weighted by Gasteiger charge is 2.04. The van der Waals surface area contributed by atoms with Gasteiger partial charge in [0.25, 0.3) is 0 Å². The van der Waals surface area contributed by atoms with E-state index in [2.05, 4.69) is 67.1 Å². The molecule has 0 aromatic heterocycles. The second kappa shape index (κ2) is 10.6. The summed E-state index contributed by atoms with van der Waals surface area (Å²) >= 11 is 0. The van der Waals surface area contributed by atoms with Gasteiger partial charge in [0.2, 0.25) is 0 Å². The molecule has 0 aliphatic rings. The molecule has 0 fully saturated rings. The van der Waals surface area contributed by atoms with Crippen LogP contribution in [0.1, 0.15) is 32.8 Å². The molecule has 0 saturated heterocycles. The highest BCUT2D eigenvalue weighted by Crippen LogP contribution is 2.08. The van der Waals surface area contributed by atoms with Crippen molar-refractivity contribution in [3.8, 4) is 0 Å². The van der Waals surface area contributed by atoms with Crippen LogP contribution in [0.15, 0.2) is 24.3 Å². The van der Waals surface area contributed by atoms with E-state index in [9.17, 15) is 0 Å². The van der Waals surface area contributed by atoms with Crippen LogP contribution < -0.4 is 5.32 Å². The number of rotatable bonds is 11. The molecule has 3 heteroatoms. The molecule has 0 saturated carbocycles. The predicted octanol–water partition coefficient (Wildman–Crippen LogP) is 3.46. The summed E-state index contributed by atoms with van der Waals surface area (Å²) in [6.45, 7) is 16.9. The average Bonchev–Trinajstić information content (AvgIpc) is 2.50. The largest absolute Gasteiger partial charge is 0.384 e. The molecule has 120 valence electrons. The number of hydrogen-bond donors (Lipinski definition) is 1. The molecule has 0 heterocycles. The summed E-state index contributed by atoms with van der Waals surface area (Å²) in [4.78, 5) is 5.03. The van der Waals surface area contributed by atoms with Gasteiger partial charge >= 0.3 is 0 Å². The fourth-order valence-electron chi connectivity index (χ4n) is 2.60. The molecule has 0 aliphatic carbocycles. The van der Waals surface area contributed by atoms with Crippen LogP contribution in [0.2, 0.25) is 0 Å². The maximum Gasteiger partial charge on any atom is 0.0343 e. The SMILES string of the molecule is CCN(CC)CCCN(CC)CCNc1cccc(C)c1. The van der Waals surface area contributed by atoms with E-state index in [-0.39, 0.29) is 0 Å². The monoisotopic (exact) mass is 291 g/mol. The molecule has 0 aliphatic heterocycles. The molecule has 0 atom stereocenters. The van der Waals surface area contributed by atoms with Crippen molar-refractivity contribution >= 4 is 5.69 Å². The van der Waals surface area contributed by atoms with E-state index in [0.29, 0.717) is 0 Å². The summed E-state index contributed by atoms with van der Waals surface area (Å²) in [5.74, 6) is 0. The Morgan fingerprint density at radius 1 is 0.905 bits per heavy atom. The van der Waals surface area contributed by atoms with Gasteiger partial charge in [0.1, 0.15) is 0 Å². The number of benzene rings is 1. The Balaban J connectivity index is 2.21. The summed E-state index contributed by atoms with van der Waals surface area (Å²) in [6.07, 6.45) is 1.26. The van der Waals surface area contributed by atoms with Gasteiger partial charge in [-0.3, -0.25) is 0 Å². The summed E-state index contributed by atoms with van der Waals surface area (Å²) in [7, 11) is 0. The van der Waals surface area contributed by atoms with Crippen molar-refractivity contribution in [3.05, 3.63) is 29.8 Å². The number of hydrogen-bond acceptors (Lipinski definition) is 3. The van der Waals surface area contributed by atoms with E-state index in [0.717, 1.165) is 32.7 Å². The van der Waals surface area contributed by atoms with Gasteiger partial charge < -0.3 is 15.1 Å². The fourth-order valence-corrected chi connectivity index (χ4v) is 2.60. The zero-order valence-corrected chi connectivity index (χ0v) is 14.4. The zero-order chi connectivity index (χ0) is 15.5. The lowest BCUT2D eigenvalue weighted by atomic mass is 10.2. The zero-order valence-electron chi connectivity index (χ0n) is 14.4. The molecule has 21 heavy (non-hydrogen) atoms. The third-order valence-corrected chi connectivity index (χ3v) is 4.07. The van der Waals surface area contributed by atoms with Gasteiger partial charge in [-0.1, -0.05) is 32.9 Å². The maximum atomic E-state index is 3.52. The summed E-state index contributed by atoms with van der Waals surface area (Å²) < 4.78 is 0. The lowest BCUT2D eigenvalue weighted by molar-refractivity contribution is 0.248. The Kier molecular flexibility index (Phi) is 9.11. The number of nitrogens with zero attached hydrogens (tertiary/aromatic N) is 2. The van der Waals surface area contributed by atoms with E-state index < -0.39 is 0 Å². The molecule has 0 spiro atoms. The van der Waals surface area contributed by atoms with Gasteiger partial charge in [0.15, 0.2) is 0 Å². The van der Waals surface area contributed by atoms with Gasteiger partial charge in [0, 0.05) is 18.8 Å². The van der Waals surface area contributed by atoms with Crippen LogP contribution in [0.25, 0.3) is 0 Å². The van der Waals surface area contributed by atoms with Crippen molar-refractivity contribution in [2.75, 3.05) is 51.1 Å².